The third-order valence-corrected chi connectivity index (χ3v) is 32.4. The van der Waals surface area contributed by atoms with Gasteiger partial charge in [-0.2, -0.15) is 0 Å². The molecule has 58 heavy (non-hydrogen) atoms. The van der Waals surface area contributed by atoms with E-state index in [-0.39, 0.29) is 35.6 Å². The van der Waals surface area contributed by atoms with Crippen molar-refractivity contribution in [1.29, 1.82) is 0 Å². The van der Waals surface area contributed by atoms with E-state index in [0.29, 0.717) is 18.1 Å². The summed E-state index contributed by atoms with van der Waals surface area (Å²) in [5.41, 5.74) is 19.7. The van der Waals surface area contributed by atoms with Crippen molar-refractivity contribution in [2.75, 3.05) is 0 Å². The Morgan fingerprint density at radius 2 is 0.879 bits per heavy atom. The van der Waals surface area contributed by atoms with Crippen LogP contribution in [0.2, 0.25) is 9.26 Å². The van der Waals surface area contributed by atoms with Gasteiger partial charge in [0.05, 0.1) is 0 Å². The van der Waals surface area contributed by atoms with Gasteiger partial charge >= 0.3 is 346 Å². The first-order valence-electron chi connectivity index (χ1n) is 22.3. The van der Waals surface area contributed by atoms with Crippen LogP contribution >= 0.6 is 24.8 Å². The van der Waals surface area contributed by atoms with Crippen LogP contribution in [0.3, 0.4) is 0 Å². The van der Waals surface area contributed by atoms with Gasteiger partial charge in [-0.25, -0.2) is 0 Å². The minimum Gasteiger partial charge on any atom is -0.147 e. The van der Waals surface area contributed by atoms with Crippen LogP contribution in [0.4, 0.5) is 0 Å². The summed E-state index contributed by atoms with van der Waals surface area (Å²) in [5.74, 6) is 0. The van der Waals surface area contributed by atoms with Crippen LogP contribution in [0.15, 0.2) is 96.1 Å². The molecule has 4 aliphatic carbocycles. The normalized spacial score (nSPS) is 20.3. The summed E-state index contributed by atoms with van der Waals surface area (Å²) >= 11 is -3.93. The molecule has 0 bridgehead atoms. The third-order valence-electron chi connectivity index (χ3n) is 14.9. The maximum atomic E-state index is 2.91. The number of halogens is 2. The summed E-state index contributed by atoms with van der Waals surface area (Å²) in [6.45, 7) is 21.7. The predicted octanol–water partition coefficient (Wildman–Crippen LogP) is 16.3. The molecule has 2 atom stereocenters. The summed E-state index contributed by atoms with van der Waals surface area (Å²) in [5, 5.41) is 0. The number of fused-ring (bicyclic) bond motifs is 2. The Bertz CT molecular complexity index is 2160. The van der Waals surface area contributed by atoms with Crippen molar-refractivity contribution in [3.63, 3.8) is 0 Å². The smallest absolute Gasteiger partial charge is 0.147 e. The Morgan fingerprint density at radius 3 is 1.21 bits per heavy atom. The fourth-order valence-electron chi connectivity index (χ4n) is 12.2. The van der Waals surface area contributed by atoms with Crippen LogP contribution in [-0.4, -0.2) is 6.88 Å². The van der Waals surface area contributed by atoms with Gasteiger partial charge in [-0.3, -0.25) is 0 Å². The molecule has 4 aromatic rings. The van der Waals surface area contributed by atoms with Crippen molar-refractivity contribution in [2.24, 2.45) is 10.8 Å². The molecule has 4 aliphatic rings. The van der Waals surface area contributed by atoms with E-state index in [4.69, 9.17) is 0 Å². The van der Waals surface area contributed by atoms with Crippen LogP contribution in [0, 0.1) is 10.8 Å². The van der Waals surface area contributed by atoms with Gasteiger partial charge in [-0.05, 0) is 0 Å². The SMILES string of the molecule is CCCC1(CC2=Cc3c(-c4ccccc4C(C)(C)C)cccc3[CH]2[Zr]([CH3])([CH3])(=[SiH2])[CH]2C(CC3(CCC)CC3)=Cc3c(-c4ccccc4C(C)(C)C)cccc32)CC1.Cl.Cl. The van der Waals surface area contributed by atoms with Gasteiger partial charge in [0.1, 0.15) is 0 Å². The first kappa shape index (κ1) is 45.6. The Kier molecular flexibility index (Phi) is 12.6. The minimum absolute atomic E-state index is 0. The van der Waals surface area contributed by atoms with Crippen molar-refractivity contribution in [1.82, 2.24) is 0 Å². The van der Waals surface area contributed by atoms with Crippen molar-refractivity contribution in [3.8, 4) is 22.3 Å². The Balaban J connectivity index is 0.00000283. The standard InChI is InChI=1S/2C26H31.2CH3.2ClH.H2Si.Zr/c2*1-5-13-26(14-15-26)18-19-16-20-9-8-11-21(23(20)17-19)22-10-6-7-12-24(22)25(2,3)4;;;;;;/h2*6-12,16-17H,5,13-15,18H2,1-4H3;2*1H3;2*1H;1H2;. The topological polar surface area (TPSA) is 0 Å². The minimum atomic E-state index is -3.93. The zero-order chi connectivity index (χ0) is 39.9. The molecule has 0 aliphatic heterocycles. The average Bonchev–Trinajstić information content (AvgIpc) is 3.99. The molecule has 0 nitrogen and oxygen atoms in total. The monoisotopic (exact) mass is 908 g/mol. The molecule has 4 aromatic carbocycles. The van der Waals surface area contributed by atoms with Crippen molar-refractivity contribution in [3.05, 3.63) is 129 Å². The summed E-state index contributed by atoms with van der Waals surface area (Å²) in [4.78, 5) is 0. The molecule has 0 N–H and O–H groups in total. The molecular weight excluding hydrogens is 839 g/mol. The molecule has 4 heteroatoms. The third kappa shape index (κ3) is 8.21. The van der Waals surface area contributed by atoms with E-state index in [1.165, 1.54) is 109 Å². The van der Waals surface area contributed by atoms with Gasteiger partial charge in [-0.1, -0.05) is 0 Å². The van der Waals surface area contributed by atoms with Gasteiger partial charge in [0, 0.05) is 0 Å². The van der Waals surface area contributed by atoms with Gasteiger partial charge in [-0.15, -0.1) is 24.8 Å². The molecule has 310 valence electrons. The first-order valence-corrected chi connectivity index (χ1v) is 36.0. The molecule has 0 spiro atoms. The van der Waals surface area contributed by atoms with Crippen LogP contribution in [-0.2, 0) is 28.2 Å². The van der Waals surface area contributed by atoms with E-state index in [2.05, 4.69) is 169 Å². The second kappa shape index (κ2) is 16.1. The van der Waals surface area contributed by atoms with Crippen LogP contribution in [0.1, 0.15) is 160 Å². The van der Waals surface area contributed by atoms with E-state index >= 15 is 0 Å². The molecule has 8 rings (SSSR count). The number of rotatable bonds is 12. The molecule has 2 unspecified atom stereocenters. The molecule has 2 saturated carbocycles. The fourth-order valence-corrected chi connectivity index (χ4v) is 31.8. The molecule has 0 heterocycles. The fraction of sp³-hybridized carbons (Fsp3) is 0.481. The maximum absolute atomic E-state index is 3.93. The van der Waals surface area contributed by atoms with E-state index < -0.39 is 17.4 Å². The first-order chi connectivity index (χ1) is 26.4. The Hall–Kier alpha value is -1.96. The van der Waals surface area contributed by atoms with Crippen molar-refractivity contribution in [2.45, 2.75) is 147 Å². The van der Waals surface area contributed by atoms with Gasteiger partial charge in [0.2, 0.25) is 0 Å². The van der Waals surface area contributed by atoms with Crippen LogP contribution in [0.25, 0.3) is 34.4 Å². The molecule has 2 fully saturated rings. The summed E-state index contributed by atoms with van der Waals surface area (Å²) in [6.07, 6.45) is 19.0. The molecule has 0 amide bonds. The van der Waals surface area contributed by atoms with Gasteiger partial charge < -0.3 is 0 Å². The van der Waals surface area contributed by atoms with Crippen LogP contribution < -0.4 is 0 Å². The summed E-state index contributed by atoms with van der Waals surface area (Å²) in [7, 11) is 0. The Morgan fingerprint density at radius 1 is 0.534 bits per heavy atom. The van der Waals surface area contributed by atoms with Gasteiger partial charge in [0.15, 0.2) is 0 Å². The van der Waals surface area contributed by atoms with Crippen LogP contribution in [0.5, 0.6) is 0 Å². The number of hydrogen-bond acceptors (Lipinski definition) is 0. The number of allylic oxidation sites excluding steroid dienone is 2. The summed E-state index contributed by atoms with van der Waals surface area (Å²) < 4.78 is 6.88. The zero-order valence-electron chi connectivity index (χ0n) is 37.5. The van der Waals surface area contributed by atoms with E-state index in [1.807, 2.05) is 0 Å². The van der Waals surface area contributed by atoms with E-state index in [9.17, 15) is 0 Å². The molecule has 0 aromatic heterocycles. The molecular formula is C54H72Cl2SiZr. The molecule has 0 saturated heterocycles. The largest absolute Gasteiger partial charge is 0.147 e. The predicted molar refractivity (Wildman–Crippen MR) is 260 cm³/mol. The maximum Gasteiger partial charge on any atom is -0.147 e. The van der Waals surface area contributed by atoms with E-state index in [0.717, 1.165) is 0 Å². The second-order valence-electron chi connectivity index (χ2n) is 22.3. The number of hydrogen-bond donors (Lipinski definition) is 0. The van der Waals surface area contributed by atoms with Gasteiger partial charge in [0.25, 0.3) is 0 Å². The van der Waals surface area contributed by atoms with Crippen molar-refractivity contribution >= 4 is 43.8 Å². The zero-order valence-corrected chi connectivity index (χ0v) is 43.0. The van der Waals surface area contributed by atoms with E-state index in [1.54, 1.807) is 22.3 Å². The Labute approximate surface area is 367 Å². The summed E-state index contributed by atoms with van der Waals surface area (Å²) in [6, 6.07) is 33.5. The second-order valence-corrected chi connectivity index (χ2v) is 52.8. The number of benzene rings is 4. The molecule has 0 radical (unpaired) electrons. The van der Waals surface area contributed by atoms with Crippen molar-refractivity contribution < 1.29 is 17.4 Å². The quantitative estimate of drug-likeness (QED) is 0.124. The average molecular weight is 911 g/mol.